The van der Waals surface area contributed by atoms with Gasteiger partial charge in [0.1, 0.15) is 0 Å². The molecule has 258 valence electrons. The summed E-state index contributed by atoms with van der Waals surface area (Å²) >= 11 is 0. The molecule has 2 heterocycles. The van der Waals surface area contributed by atoms with E-state index in [0.717, 1.165) is 39.0 Å². The third-order valence-electron chi connectivity index (χ3n) is 10.3. The van der Waals surface area contributed by atoms with Gasteiger partial charge in [-0.15, -0.1) is 0 Å². The van der Waals surface area contributed by atoms with Crippen molar-refractivity contribution in [3.8, 4) is 73.2 Å². The highest BCUT2D eigenvalue weighted by molar-refractivity contribution is 6.17. The Hall–Kier alpha value is -7.43. The summed E-state index contributed by atoms with van der Waals surface area (Å²) in [5, 5.41) is 2.38. The molecule has 8 aromatic carbocycles. The first-order chi connectivity index (χ1) is 27.3. The summed E-state index contributed by atoms with van der Waals surface area (Å²) in [6.07, 6.45) is 0. The van der Waals surface area contributed by atoms with E-state index in [2.05, 4.69) is 150 Å². The summed E-state index contributed by atoms with van der Waals surface area (Å²) in [5.41, 5.74) is 13.0. The molecule has 0 aliphatic rings. The Bertz CT molecular complexity index is 2900. The van der Waals surface area contributed by atoms with Gasteiger partial charge in [-0.2, -0.15) is 0 Å². The zero-order valence-electron chi connectivity index (χ0n) is 29.9. The van der Waals surface area contributed by atoms with E-state index in [1.165, 1.54) is 38.6 Å². The lowest BCUT2D eigenvalue weighted by Gasteiger charge is -2.16. The Morgan fingerprint density at radius 1 is 0.291 bits per heavy atom. The molecular weight excluding hydrogens is 669 g/mol. The molecule has 10 aromatic rings. The lowest BCUT2D eigenvalue weighted by molar-refractivity contribution is 1.06. The molecule has 2 aromatic heterocycles. The topological polar surface area (TPSA) is 43.6 Å². The van der Waals surface area contributed by atoms with Crippen LogP contribution in [0.4, 0.5) is 0 Å². The minimum Gasteiger partial charge on any atom is -0.308 e. The SMILES string of the molecule is c1ccc(-c2nc(-c3ccccc3)nc(-c3ccccc3-n3c4ccccc4c4c(-c5ccccc5)cc(-c5ccccc5-c5ccccc5)cc43)n2)cc1. The Labute approximate surface area is 319 Å². The van der Waals surface area contributed by atoms with Crippen LogP contribution in [0.25, 0.3) is 95.0 Å². The molecule has 0 radical (unpaired) electrons. The monoisotopic (exact) mass is 702 g/mol. The lowest BCUT2D eigenvalue weighted by Crippen LogP contribution is -2.03. The van der Waals surface area contributed by atoms with Crippen LogP contribution in [0.2, 0.25) is 0 Å². The molecule has 0 fully saturated rings. The lowest BCUT2D eigenvalue weighted by atomic mass is 9.90. The van der Waals surface area contributed by atoms with E-state index >= 15 is 0 Å². The fourth-order valence-electron chi connectivity index (χ4n) is 7.75. The third-order valence-corrected chi connectivity index (χ3v) is 10.3. The van der Waals surface area contributed by atoms with Crippen LogP contribution >= 0.6 is 0 Å². The molecule has 0 bridgehead atoms. The van der Waals surface area contributed by atoms with Gasteiger partial charge in [-0.25, -0.2) is 15.0 Å². The Morgan fingerprint density at radius 2 is 0.727 bits per heavy atom. The van der Waals surface area contributed by atoms with E-state index in [-0.39, 0.29) is 0 Å². The predicted octanol–water partition coefficient (Wildman–Crippen LogP) is 13.0. The zero-order valence-corrected chi connectivity index (χ0v) is 29.9. The van der Waals surface area contributed by atoms with Crippen LogP contribution in [-0.4, -0.2) is 19.5 Å². The van der Waals surface area contributed by atoms with Crippen molar-refractivity contribution in [3.63, 3.8) is 0 Å². The molecule has 4 heteroatoms. The second kappa shape index (κ2) is 13.8. The van der Waals surface area contributed by atoms with E-state index in [4.69, 9.17) is 15.0 Å². The molecule has 0 saturated carbocycles. The maximum atomic E-state index is 5.17. The molecule has 0 atom stereocenters. The summed E-state index contributed by atoms with van der Waals surface area (Å²) in [4.78, 5) is 15.3. The van der Waals surface area contributed by atoms with Crippen molar-refractivity contribution < 1.29 is 0 Å². The summed E-state index contributed by atoms with van der Waals surface area (Å²) < 4.78 is 2.40. The summed E-state index contributed by atoms with van der Waals surface area (Å²) in [5.74, 6) is 1.88. The number of hydrogen-bond donors (Lipinski definition) is 0. The van der Waals surface area contributed by atoms with Crippen molar-refractivity contribution in [1.29, 1.82) is 0 Å². The van der Waals surface area contributed by atoms with Crippen LogP contribution in [0.3, 0.4) is 0 Å². The number of rotatable bonds is 7. The summed E-state index contributed by atoms with van der Waals surface area (Å²) in [6.45, 7) is 0. The minimum atomic E-state index is 0.614. The van der Waals surface area contributed by atoms with E-state index in [1.54, 1.807) is 0 Å². The van der Waals surface area contributed by atoms with Crippen LogP contribution < -0.4 is 0 Å². The number of hydrogen-bond acceptors (Lipinski definition) is 3. The molecule has 0 aliphatic carbocycles. The summed E-state index contributed by atoms with van der Waals surface area (Å²) in [7, 11) is 0. The van der Waals surface area contributed by atoms with Gasteiger partial charge in [0, 0.05) is 27.5 Å². The molecule has 4 nitrogen and oxygen atoms in total. The molecule has 0 unspecified atom stereocenters. The second-order valence-electron chi connectivity index (χ2n) is 13.6. The highest BCUT2D eigenvalue weighted by Crippen LogP contribution is 2.44. The normalized spacial score (nSPS) is 11.3. The van der Waals surface area contributed by atoms with Gasteiger partial charge in [0.2, 0.25) is 0 Å². The van der Waals surface area contributed by atoms with Crippen molar-refractivity contribution in [2.24, 2.45) is 0 Å². The summed E-state index contributed by atoms with van der Waals surface area (Å²) in [6, 6.07) is 72.3. The quantitative estimate of drug-likeness (QED) is 0.166. The second-order valence-corrected chi connectivity index (χ2v) is 13.6. The molecule has 10 rings (SSSR count). The highest BCUT2D eigenvalue weighted by Gasteiger charge is 2.22. The van der Waals surface area contributed by atoms with Gasteiger partial charge in [0.05, 0.1) is 16.7 Å². The van der Waals surface area contributed by atoms with Crippen molar-refractivity contribution in [2.75, 3.05) is 0 Å². The number of benzene rings is 8. The minimum absolute atomic E-state index is 0.614. The fourth-order valence-corrected chi connectivity index (χ4v) is 7.75. The van der Waals surface area contributed by atoms with Crippen LogP contribution in [0.5, 0.6) is 0 Å². The van der Waals surface area contributed by atoms with Gasteiger partial charge < -0.3 is 4.57 Å². The van der Waals surface area contributed by atoms with Gasteiger partial charge in [-0.3, -0.25) is 0 Å². The Kier molecular flexibility index (Phi) is 8.12. The maximum Gasteiger partial charge on any atom is 0.166 e. The number of nitrogens with zero attached hydrogens (tertiary/aromatic N) is 4. The number of aromatic nitrogens is 4. The van der Waals surface area contributed by atoms with Crippen molar-refractivity contribution >= 4 is 21.8 Å². The first-order valence-corrected chi connectivity index (χ1v) is 18.5. The molecule has 0 amide bonds. The predicted molar refractivity (Wildman–Crippen MR) is 227 cm³/mol. The van der Waals surface area contributed by atoms with E-state index < -0.39 is 0 Å². The van der Waals surface area contributed by atoms with E-state index in [9.17, 15) is 0 Å². The standard InChI is InChI=1S/C51H34N4/c1-5-19-35(20-6-1)40-27-13-14-28-41(40)39-33-44(36-21-7-2-8-22-36)48-42-29-15-17-31-45(42)55(47(48)34-39)46-32-18-16-30-43(46)51-53-49(37-23-9-3-10-24-37)52-50(54-51)38-25-11-4-12-26-38/h1-34H. The van der Waals surface area contributed by atoms with Crippen molar-refractivity contribution in [2.45, 2.75) is 0 Å². The van der Waals surface area contributed by atoms with Crippen LogP contribution in [0, 0.1) is 0 Å². The zero-order chi connectivity index (χ0) is 36.6. The largest absolute Gasteiger partial charge is 0.308 e. The van der Waals surface area contributed by atoms with Crippen LogP contribution in [-0.2, 0) is 0 Å². The average molecular weight is 703 g/mol. The van der Waals surface area contributed by atoms with Crippen molar-refractivity contribution in [1.82, 2.24) is 19.5 Å². The van der Waals surface area contributed by atoms with Crippen molar-refractivity contribution in [3.05, 3.63) is 206 Å². The van der Waals surface area contributed by atoms with Crippen LogP contribution in [0.1, 0.15) is 0 Å². The maximum absolute atomic E-state index is 5.17. The Balaban J connectivity index is 1.28. The van der Waals surface area contributed by atoms with Gasteiger partial charge in [0.25, 0.3) is 0 Å². The van der Waals surface area contributed by atoms with E-state index in [0.29, 0.717) is 17.5 Å². The number of para-hydroxylation sites is 2. The number of fused-ring (bicyclic) bond motifs is 3. The molecule has 55 heavy (non-hydrogen) atoms. The fraction of sp³-hybridized carbons (Fsp3) is 0. The average Bonchev–Trinajstić information content (AvgIpc) is 3.61. The van der Waals surface area contributed by atoms with E-state index in [1.807, 2.05) is 60.7 Å². The van der Waals surface area contributed by atoms with Gasteiger partial charge >= 0.3 is 0 Å². The van der Waals surface area contributed by atoms with Gasteiger partial charge in [0.15, 0.2) is 17.5 Å². The molecule has 0 aliphatic heterocycles. The molecule has 0 spiro atoms. The molecule has 0 saturated heterocycles. The smallest absolute Gasteiger partial charge is 0.166 e. The molecular formula is C51H34N4. The van der Waals surface area contributed by atoms with Gasteiger partial charge in [-0.05, 0) is 63.7 Å². The Morgan fingerprint density at radius 3 is 1.33 bits per heavy atom. The highest BCUT2D eigenvalue weighted by atomic mass is 15.1. The van der Waals surface area contributed by atoms with Crippen LogP contribution in [0.15, 0.2) is 206 Å². The third kappa shape index (κ3) is 5.87. The first kappa shape index (κ1) is 32.2. The molecule has 0 N–H and O–H groups in total. The first-order valence-electron chi connectivity index (χ1n) is 18.5. The van der Waals surface area contributed by atoms with Gasteiger partial charge in [-0.1, -0.05) is 176 Å².